The molecule has 0 bridgehead atoms. The van der Waals surface area contributed by atoms with Gasteiger partial charge in [-0.05, 0) is 90.3 Å². The van der Waals surface area contributed by atoms with Gasteiger partial charge in [-0.3, -0.25) is 9.78 Å². The Labute approximate surface area is 198 Å². The van der Waals surface area contributed by atoms with Gasteiger partial charge in [-0.25, -0.2) is 0 Å². The van der Waals surface area contributed by atoms with Crippen molar-refractivity contribution < 1.29 is 9.53 Å². The van der Waals surface area contributed by atoms with Crippen molar-refractivity contribution in [3.63, 3.8) is 0 Å². The fourth-order valence-electron chi connectivity index (χ4n) is 4.19. The number of methoxy groups -OCH3 is 1. The van der Waals surface area contributed by atoms with Gasteiger partial charge in [0.25, 0.3) is 0 Å². The Balaban J connectivity index is 1.67. The van der Waals surface area contributed by atoms with Crippen molar-refractivity contribution in [1.29, 1.82) is 0 Å². The number of amides is 1. The quantitative estimate of drug-likeness (QED) is 0.324. The number of pyridine rings is 1. The molecular weight excluding hydrogens is 408 g/mol. The lowest BCUT2D eigenvalue weighted by molar-refractivity contribution is -0.117. The molecule has 4 nitrogen and oxygen atoms in total. The molecule has 33 heavy (non-hydrogen) atoms. The van der Waals surface area contributed by atoms with Crippen LogP contribution in [0.15, 0.2) is 60.9 Å². The van der Waals surface area contributed by atoms with E-state index in [0.29, 0.717) is 0 Å². The number of carbonyl (C=O) groups is 1. The molecule has 0 radical (unpaired) electrons. The molecule has 3 aromatic rings. The topological polar surface area (TPSA) is 51.2 Å². The Morgan fingerprint density at radius 2 is 1.97 bits per heavy atom. The average Bonchev–Trinajstić information content (AvgIpc) is 2.85. The number of hydrogen-bond donors (Lipinski definition) is 1. The van der Waals surface area contributed by atoms with Gasteiger partial charge in [0.2, 0.25) is 5.91 Å². The van der Waals surface area contributed by atoms with Crippen LogP contribution in [0.4, 0.5) is 0 Å². The maximum Gasteiger partial charge on any atom is 0.244 e. The zero-order valence-corrected chi connectivity index (χ0v) is 20.1. The summed E-state index contributed by atoms with van der Waals surface area (Å²) in [5.74, 6) is 0.826. The molecule has 0 fully saturated rings. The Morgan fingerprint density at radius 3 is 2.70 bits per heavy atom. The summed E-state index contributed by atoms with van der Waals surface area (Å²) in [6, 6.07) is 14.7. The first kappa shape index (κ1) is 24.5. The van der Waals surface area contributed by atoms with Crippen LogP contribution >= 0.6 is 0 Å². The van der Waals surface area contributed by atoms with Gasteiger partial charge in [-0.1, -0.05) is 44.5 Å². The van der Waals surface area contributed by atoms with Crippen molar-refractivity contribution in [1.82, 2.24) is 10.3 Å². The SMILES string of the molecule is CCCCc1c(/C=C/C(=O)N[C@H](CC)CCCc2cccnc2)ccc2ccc(OC)cc12. The fourth-order valence-corrected chi connectivity index (χ4v) is 4.19. The van der Waals surface area contributed by atoms with E-state index in [1.807, 2.05) is 24.4 Å². The Morgan fingerprint density at radius 1 is 1.12 bits per heavy atom. The van der Waals surface area contributed by atoms with Gasteiger partial charge in [0.15, 0.2) is 0 Å². The third-order valence-electron chi connectivity index (χ3n) is 6.15. The van der Waals surface area contributed by atoms with Crippen molar-refractivity contribution in [2.45, 2.75) is 64.8 Å². The number of rotatable bonds is 12. The first-order chi connectivity index (χ1) is 16.1. The van der Waals surface area contributed by atoms with E-state index in [0.717, 1.165) is 56.3 Å². The molecule has 1 atom stereocenters. The normalized spacial score (nSPS) is 12.2. The van der Waals surface area contributed by atoms with Crippen molar-refractivity contribution >= 4 is 22.8 Å². The summed E-state index contributed by atoms with van der Waals surface area (Å²) in [5, 5.41) is 5.58. The van der Waals surface area contributed by atoms with Crippen molar-refractivity contribution in [3.8, 4) is 5.75 Å². The van der Waals surface area contributed by atoms with Gasteiger partial charge in [-0.15, -0.1) is 0 Å². The summed E-state index contributed by atoms with van der Waals surface area (Å²) < 4.78 is 5.45. The van der Waals surface area contributed by atoms with Crippen LogP contribution in [0.5, 0.6) is 5.75 Å². The van der Waals surface area contributed by atoms with Gasteiger partial charge < -0.3 is 10.1 Å². The highest BCUT2D eigenvalue weighted by Gasteiger charge is 2.10. The molecule has 0 aliphatic carbocycles. The van der Waals surface area contributed by atoms with E-state index in [1.165, 1.54) is 21.9 Å². The fraction of sp³-hybridized carbons (Fsp3) is 0.379. The molecule has 4 heteroatoms. The highest BCUT2D eigenvalue weighted by molar-refractivity contribution is 5.94. The van der Waals surface area contributed by atoms with E-state index in [2.05, 4.69) is 54.5 Å². The first-order valence-electron chi connectivity index (χ1n) is 12.1. The highest BCUT2D eigenvalue weighted by atomic mass is 16.5. The second-order valence-electron chi connectivity index (χ2n) is 8.52. The van der Waals surface area contributed by atoms with Crippen molar-refractivity contribution in [2.75, 3.05) is 7.11 Å². The third kappa shape index (κ3) is 7.18. The minimum Gasteiger partial charge on any atom is -0.497 e. The number of unbranched alkanes of at least 4 members (excludes halogenated alkanes) is 1. The predicted octanol–water partition coefficient (Wildman–Crippen LogP) is 6.52. The minimum atomic E-state index is -0.0320. The first-order valence-corrected chi connectivity index (χ1v) is 12.1. The number of carbonyl (C=O) groups excluding carboxylic acids is 1. The summed E-state index contributed by atoms with van der Waals surface area (Å²) in [4.78, 5) is 16.9. The summed E-state index contributed by atoms with van der Waals surface area (Å²) in [7, 11) is 1.70. The molecule has 0 aliphatic heterocycles. The Bertz CT molecular complexity index is 1060. The van der Waals surface area contributed by atoms with E-state index in [-0.39, 0.29) is 11.9 Å². The second kappa shape index (κ2) is 12.8. The molecule has 0 unspecified atom stereocenters. The van der Waals surface area contributed by atoms with Crippen molar-refractivity contribution in [2.24, 2.45) is 0 Å². The van der Waals surface area contributed by atoms with Gasteiger partial charge in [0.1, 0.15) is 5.75 Å². The summed E-state index contributed by atoms with van der Waals surface area (Å²) >= 11 is 0. The Hall–Kier alpha value is -3.14. The summed E-state index contributed by atoms with van der Waals surface area (Å²) in [6.07, 6.45) is 14.5. The number of hydrogen-bond acceptors (Lipinski definition) is 3. The van der Waals surface area contributed by atoms with Crippen LogP contribution in [-0.4, -0.2) is 24.0 Å². The average molecular weight is 445 g/mol. The standard InChI is InChI=1S/C29H36N2O2/c1-4-6-12-27-23(13-14-24-15-17-26(33-3)20-28(24)27)16-18-29(32)31-25(5-2)11-7-9-22-10-8-19-30-21-22/h8,10,13-21,25H,4-7,9,11-12H2,1-3H3,(H,31,32)/b18-16+/t25-/m1/s1. The largest absolute Gasteiger partial charge is 0.497 e. The molecular formula is C29H36N2O2. The monoisotopic (exact) mass is 444 g/mol. The van der Waals surface area contributed by atoms with Gasteiger partial charge in [0, 0.05) is 24.5 Å². The molecule has 1 aromatic heterocycles. The van der Waals surface area contributed by atoms with Gasteiger partial charge in [-0.2, -0.15) is 0 Å². The van der Waals surface area contributed by atoms with E-state index in [4.69, 9.17) is 4.74 Å². The van der Waals surface area contributed by atoms with Crippen LogP contribution in [-0.2, 0) is 17.6 Å². The predicted molar refractivity (Wildman–Crippen MR) is 138 cm³/mol. The lowest BCUT2D eigenvalue weighted by Crippen LogP contribution is -2.33. The van der Waals surface area contributed by atoms with Crippen LogP contribution < -0.4 is 10.1 Å². The Kier molecular flexibility index (Phi) is 9.49. The number of fused-ring (bicyclic) bond motifs is 1. The maximum atomic E-state index is 12.7. The number of aromatic nitrogens is 1. The van der Waals surface area contributed by atoms with E-state index in [1.54, 1.807) is 19.4 Å². The zero-order chi connectivity index (χ0) is 23.5. The highest BCUT2D eigenvalue weighted by Crippen LogP contribution is 2.29. The molecule has 1 heterocycles. The summed E-state index contributed by atoms with van der Waals surface area (Å²) in [6.45, 7) is 4.33. The van der Waals surface area contributed by atoms with Gasteiger partial charge in [0.05, 0.1) is 7.11 Å². The molecule has 1 N–H and O–H groups in total. The van der Waals surface area contributed by atoms with E-state index >= 15 is 0 Å². The number of nitrogens with one attached hydrogen (secondary N) is 1. The second-order valence-corrected chi connectivity index (χ2v) is 8.52. The van der Waals surface area contributed by atoms with Crippen LogP contribution in [0.25, 0.3) is 16.8 Å². The van der Waals surface area contributed by atoms with Crippen LogP contribution in [0.1, 0.15) is 62.6 Å². The van der Waals surface area contributed by atoms with E-state index < -0.39 is 0 Å². The number of nitrogens with zero attached hydrogens (tertiary/aromatic N) is 1. The number of benzene rings is 2. The lowest BCUT2D eigenvalue weighted by atomic mass is 9.94. The van der Waals surface area contributed by atoms with Gasteiger partial charge >= 0.3 is 0 Å². The molecule has 1 amide bonds. The van der Waals surface area contributed by atoms with E-state index in [9.17, 15) is 4.79 Å². The maximum absolute atomic E-state index is 12.7. The molecule has 2 aromatic carbocycles. The van der Waals surface area contributed by atoms with Crippen LogP contribution in [0.2, 0.25) is 0 Å². The molecule has 0 saturated carbocycles. The van der Waals surface area contributed by atoms with Crippen LogP contribution in [0, 0.1) is 0 Å². The smallest absolute Gasteiger partial charge is 0.244 e. The molecule has 3 rings (SSSR count). The van der Waals surface area contributed by atoms with Crippen LogP contribution in [0.3, 0.4) is 0 Å². The number of ether oxygens (including phenoxy) is 1. The molecule has 0 saturated heterocycles. The van der Waals surface area contributed by atoms with Crippen molar-refractivity contribution in [3.05, 3.63) is 77.6 Å². The zero-order valence-electron chi connectivity index (χ0n) is 20.1. The lowest BCUT2D eigenvalue weighted by Gasteiger charge is -2.16. The minimum absolute atomic E-state index is 0.0320. The molecule has 174 valence electrons. The number of aryl methyl sites for hydroxylation is 2. The third-order valence-corrected chi connectivity index (χ3v) is 6.15. The molecule has 0 spiro atoms. The summed E-state index contributed by atoms with van der Waals surface area (Å²) in [5.41, 5.74) is 3.62. The molecule has 0 aliphatic rings.